The van der Waals surface area contributed by atoms with E-state index >= 15 is 0 Å². The van der Waals surface area contributed by atoms with E-state index in [4.69, 9.17) is 11.6 Å². The number of nitrogens with zero attached hydrogens (tertiary/aromatic N) is 1. The van der Waals surface area contributed by atoms with Crippen LogP contribution in [0, 0.1) is 0 Å². The molecule has 0 saturated carbocycles. The lowest BCUT2D eigenvalue weighted by Crippen LogP contribution is -2.45. The van der Waals surface area contributed by atoms with Gasteiger partial charge in [0.15, 0.2) is 0 Å². The van der Waals surface area contributed by atoms with Crippen molar-refractivity contribution in [2.24, 2.45) is 0 Å². The Balaban J connectivity index is 1.79. The second-order valence-corrected chi connectivity index (χ2v) is 7.05. The number of carbonyl (C=O) groups is 2. The number of hydrogen-bond acceptors (Lipinski definition) is 3. The van der Waals surface area contributed by atoms with Gasteiger partial charge in [-0.1, -0.05) is 23.7 Å². The van der Waals surface area contributed by atoms with Gasteiger partial charge in [-0.3, -0.25) is 14.5 Å². The molecule has 1 heterocycles. The van der Waals surface area contributed by atoms with Crippen LogP contribution in [0.2, 0.25) is 5.02 Å². The van der Waals surface area contributed by atoms with E-state index in [1.165, 1.54) is 11.8 Å². The fourth-order valence-corrected chi connectivity index (χ4v) is 3.47. The van der Waals surface area contributed by atoms with Crippen molar-refractivity contribution < 1.29 is 9.59 Å². The molecule has 0 spiro atoms. The van der Waals surface area contributed by atoms with Crippen molar-refractivity contribution in [3.05, 3.63) is 53.6 Å². The molecule has 118 valence electrons. The van der Waals surface area contributed by atoms with Gasteiger partial charge in [0.25, 0.3) is 0 Å². The van der Waals surface area contributed by atoms with E-state index in [9.17, 15) is 9.59 Å². The van der Waals surface area contributed by atoms with Gasteiger partial charge in [0.2, 0.25) is 11.8 Å². The third-order valence-electron chi connectivity index (χ3n) is 3.51. The molecular formula is C17H15ClN2O2S. The zero-order valence-electron chi connectivity index (χ0n) is 12.5. The Kier molecular flexibility index (Phi) is 4.59. The number of thioether (sulfide) groups is 1. The van der Waals surface area contributed by atoms with Crippen LogP contribution < -0.4 is 10.2 Å². The number of nitrogens with one attached hydrogen (secondary N) is 1. The Labute approximate surface area is 143 Å². The van der Waals surface area contributed by atoms with Crippen molar-refractivity contribution in [2.45, 2.75) is 17.1 Å². The van der Waals surface area contributed by atoms with E-state index in [-0.39, 0.29) is 23.6 Å². The van der Waals surface area contributed by atoms with Gasteiger partial charge in [-0.2, -0.15) is 0 Å². The van der Waals surface area contributed by atoms with Crippen LogP contribution in [-0.2, 0) is 9.59 Å². The van der Waals surface area contributed by atoms with E-state index < -0.39 is 0 Å². The second-order valence-electron chi connectivity index (χ2n) is 5.20. The van der Waals surface area contributed by atoms with Crippen LogP contribution in [-0.4, -0.2) is 23.6 Å². The number of benzene rings is 2. The molecule has 2 aromatic rings. The molecule has 0 aliphatic carbocycles. The third kappa shape index (κ3) is 3.51. The van der Waals surface area contributed by atoms with E-state index in [1.54, 1.807) is 23.1 Å². The number of anilines is 2. The molecule has 1 N–H and O–H groups in total. The first kappa shape index (κ1) is 15.9. The van der Waals surface area contributed by atoms with Gasteiger partial charge < -0.3 is 5.32 Å². The Morgan fingerprint density at radius 2 is 1.91 bits per heavy atom. The molecule has 6 heteroatoms. The second kappa shape index (κ2) is 6.64. The van der Waals surface area contributed by atoms with E-state index in [0.29, 0.717) is 10.7 Å². The van der Waals surface area contributed by atoms with Crippen molar-refractivity contribution in [1.29, 1.82) is 0 Å². The molecule has 0 fully saturated rings. The van der Waals surface area contributed by atoms with Crippen LogP contribution in [0.25, 0.3) is 0 Å². The number of carbonyl (C=O) groups excluding carboxylic acids is 2. The lowest BCUT2D eigenvalue weighted by Gasteiger charge is -2.30. The van der Waals surface area contributed by atoms with Gasteiger partial charge >= 0.3 is 0 Å². The molecule has 1 aliphatic rings. The van der Waals surface area contributed by atoms with Crippen LogP contribution in [0.1, 0.15) is 6.92 Å². The van der Waals surface area contributed by atoms with Gasteiger partial charge in [-0.05, 0) is 43.3 Å². The van der Waals surface area contributed by atoms with E-state index in [1.807, 2.05) is 37.3 Å². The summed E-state index contributed by atoms with van der Waals surface area (Å²) in [5, 5.41) is 3.14. The normalized spacial score (nSPS) is 14.9. The molecule has 3 rings (SSSR count). The topological polar surface area (TPSA) is 49.4 Å². The molecule has 0 saturated heterocycles. The van der Waals surface area contributed by atoms with Crippen LogP contribution in [0.4, 0.5) is 11.4 Å². The van der Waals surface area contributed by atoms with Crippen molar-refractivity contribution in [2.75, 3.05) is 16.8 Å². The maximum absolute atomic E-state index is 12.8. The van der Waals surface area contributed by atoms with Crippen LogP contribution in [0.3, 0.4) is 0 Å². The fourth-order valence-electron chi connectivity index (χ4n) is 2.42. The summed E-state index contributed by atoms with van der Waals surface area (Å²) in [5.41, 5.74) is 1.40. The lowest BCUT2D eigenvalue weighted by molar-refractivity contribution is -0.121. The first-order chi connectivity index (χ1) is 11.0. The molecule has 1 atom stereocenters. The van der Waals surface area contributed by atoms with Crippen molar-refractivity contribution in [3.63, 3.8) is 0 Å². The minimum Gasteiger partial charge on any atom is -0.323 e. The number of amides is 2. The van der Waals surface area contributed by atoms with Gasteiger partial charge in [0.1, 0.15) is 6.54 Å². The number of fused-ring (bicyclic) bond motifs is 1. The Morgan fingerprint density at radius 1 is 1.22 bits per heavy atom. The smallest absolute Gasteiger partial charge is 0.244 e. The molecule has 1 aliphatic heterocycles. The molecule has 23 heavy (non-hydrogen) atoms. The average Bonchev–Trinajstić information content (AvgIpc) is 2.55. The maximum Gasteiger partial charge on any atom is 0.244 e. The van der Waals surface area contributed by atoms with Crippen LogP contribution in [0.15, 0.2) is 53.4 Å². The van der Waals surface area contributed by atoms with Gasteiger partial charge in [-0.25, -0.2) is 0 Å². The van der Waals surface area contributed by atoms with Gasteiger partial charge in [0.05, 0.1) is 16.6 Å². The summed E-state index contributed by atoms with van der Waals surface area (Å²) in [5.74, 6) is -0.270. The van der Waals surface area contributed by atoms with E-state index in [0.717, 1.165) is 10.6 Å². The SMILES string of the molecule is C[C@H](Sc1ccc(Cl)cc1)C(=O)N1CC(=O)Nc2ccccc21. The lowest BCUT2D eigenvalue weighted by atomic mass is 10.2. The van der Waals surface area contributed by atoms with Crippen molar-refractivity contribution in [1.82, 2.24) is 0 Å². The largest absolute Gasteiger partial charge is 0.323 e. The summed E-state index contributed by atoms with van der Waals surface area (Å²) in [6.45, 7) is 1.89. The van der Waals surface area contributed by atoms with Gasteiger partial charge in [-0.15, -0.1) is 11.8 Å². The zero-order valence-corrected chi connectivity index (χ0v) is 14.0. The summed E-state index contributed by atoms with van der Waals surface area (Å²) in [4.78, 5) is 27.1. The molecule has 2 amide bonds. The Bertz CT molecular complexity index is 749. The summed E-state index contributed by atoms with van der Waals surface area (Å²) in [7, 11) is 0. The molecule has 0 radical (unpaired) electrons. The first-order valence-electron chi connectivity index (χ1n) is 7.17. The minimum absolute atomic E-state index is 0.0430. The zero-order chi connectivity index (χ0) is 16.4. The van der Waals surface area contributed by atoms with Crippen molar-refractivity contribution >= 4 is 46.6 Å². The average molecular weight is 347 g/mol. The summed E-state index contributed by atoms with van der Waals surface area (Å²) in [6, 6.07) is 14.7. The first-order valence-corrected chi connectivity index (χ1v) is 8.43. The highest BCUT2D eigenvalue weighted by molar-refractivity contribution is 8.00. The standard InChI is InChI=1S/C17H15ClN2O2S/c1-11(23-13-8-6-12(18)7-9-13)17(22)20-10-16(21)19-14-4-2-3-5-15(14)20/h2-9,11H,10H2,1H3,(H,19,21)/t11-/m0/s1. The molecular weight excluding hydrogens is 332 g/mol. The van der Waals surface area contributed by atoms with Gasteiger partial charge in [0, 0.05) is 9.92 Å². The molecule has 4 nitrogen and oxygen atoms in total. The summed E-state index contributed by atoms with van der Waals surface area (Å²) < 4.78 is 0. The molecule has 2 aromatic carbocycles. The highest BCUT2D eigenvalue weighted by Crippen LogP contribution is 2.32. The molecule has 0 unspecified atom stereocenters. The quantitative estimate of drug-likeness (QED) is 0.860. The van der Waals surface area contributed by atoms with Crippen molar-refractivity contribution in [3.8, 4) is 0 Å². The third-order valence-corrected chi connectivity index (χ3v) is 4.86. The molecule has 0 bridgehead atoms. The minimum atomic E-state index is -0.310. The Morgan fingerprint density at radius 3 is 2.65 bits per heavy atom. The highest BCUT2D eigenvalue weighted by atomic mass is 35.5. The predicted molar refractivity (Wildman–Crippen MR) is 94.2 cm³/mol. The summed E-state index contributed by atoms with van der Waals surface area (Å²) >= 11 is 7.32. The fraction of sp³-hybridized carbons (Fsp3) is 0.176. The molecule has 0 aromatic heterocycles. The number of para-hydroxylation sites is 2. The maximum atomic E-state index is 12.8. The van der Waals surface area contributed by atoms with E-state index in [2.05, 4.69) is 5.32 Å². The number of hydrogen-bond donors (Lipinski definition) is 1. The summed E-state index contributed by atoms with van der Waals surface area (Å²) in [6.07, 6.45) is 0. The monoisotopic (exact) mass is 346 g/mol. The van der Waals surface area contributed by atoms with Crippen LogP contribution >= 0.6 is 23.4 Å². The predicted octanol–water partition coefficient (Wildman–Crippen LogP) is 3.81. The number of halogens is 1. The number of rotatable bonds is 3. The van der Waals surface area contributed by atoms with Crippen LogP contribution in [0.5, 0.6) is 0 Å². The highest BCUT2D eigenvalue weighted by Gasteiger charge is 2.29. The Hall–Kier alpha value is -1.98.